The standard InChI is InChI=1S/C15H25NO/c1-11(2)9-14(16)7-6-13-10-12(3)5-8-15(13)17-4/h5,8,10-11,14H,6-7,9,16H2,1-4H3. The molecule has 0 amide bonds. The Morgan fingerprint density at radius 2 is 2.00 bits per heavy atom. The van der Waals surface area contributed by atoms with E-state index in [1.807, 2.05) is 6.07 Å². The van der Waals surface area contributed by atoms with Gasteiger partial charge >= 0.3 is 0 Å². The quantitative estimate of drug-likeness (QED) is 0.821. The van der Waals surface area contributed by atoms with E-state index in [-0.39, 0.29) is 0 Å². The van der Waals surface area contributed by atoms with E-state index in [1.54, 1.807) is 7.11 Å². The third-order valence-electron chi connectivity index (χ3n) is 2.99. The SMILES string of the molecule is COc1ccc(C)cc1CCC(N)CC(C)C. The third kappa shape index (κ3) is 4.78. The number of aryl methyl sites for hydroxylation is 2. The number of methoxy groups -OCH3 is 1. The Labute approximate surface area is 105 Å². The molecule has 2 heteroatoms. The van der Waals surface area contributed by atoms with E-state index in [9.17, 15) is 0 Å². The summed E-state index contributed by atoms with van der Waals surface area (Å²) in [5.74, 6) is 1.65. The fraction of sp³-hybridized carbons (Fsp3) is 0.600. The summed E-state index contributed by atoms with van der Waals surface area (Å²) in [6.07, 6.45) is 3.12. The molecule has 0 radical (unpaired) electrons. The summed E-state index contributed by atoms with van der Waals surface area (Å²) in [5, 5.41) is 0. The van der Waals surface area contributed by atoms with Gasteiger partial charge in [-0.05, 0) is 43.7 Å². The highest BCUT2D eigenvalue weighted by Gasteiger charge is 2.08. The van der Waals surface area contributed by atoms with Crippen LogP contribution in [0.1, 0.15) is 37.8 Å². The molecule has 17 heavy (non-hydrogen) atoms. The van der Waals surface area contributed by atoms with Crippen LogP contribution in [0.4, 0.5) is 0 Å². The first-order valence-electron chi connectivity index (χ1n) is 6.42. The first-order chi connectivity index (χ1) is 8.02. The maximum atomic E-state index is 6.11. The van der Waals surface area contributed by atoms with E-state index >= 15 is 0 Å². The van der Waals surface area contributed by atoms with Crippen LogP contribution in [0.2, 0.25) is 0 Å². The minimum absolute atomic E-state index is 0.292. The van der Waals surface area contributed by atoms with E-state index in [0.717, 1.165) is 25.0 Å². The first-order valence-corrected chi connectivity index (χ1v) is 6.42. The van der Waals surface area contributed by atoms with Gasteiger partial charge in [-0.2, -0.15) is 0 Å². The van der Waals surface area contributed by atoms with Gasteiger partial charge in [-0.15, -0.1) is 0 Å². The summed E-state index contributed by atoms with van der Waals surface area (Å²) in [6, 6.07) is 6.61. The summed E-state index contributed by atoms with van der Waals surface area (Å²) in [7, 11) is 1.72. The van der Waals surface area contributed by atoms with E-state index in [0.29, 0.717) is 12.0 Å². The van der Waals surface area contributed by atoms with Gasteiger partial charge in [0, 0.05) is 6.04 Å². The lowest BCUT2D eigenvalue weighted by molar-refractivity contribution is 0.406. The molecule has 0 aliphatic rings. The van der Waals surface area contributed by atoms with Gasteiger partial charge in [0.05, 0.1) is 7.11 Å². The molecular formula is C15H25NO. The zero-order chi connectivity index (χ0) is 12.8. The van der Waals surface area contributed by atoms with Crippen molar-refractivity contribution >= 4 is 0 Å². The molecule has 2 N–H and O–H groups in total. The maximum Gasteiger partial charge on any atom is 0.122 e. The van der Waals surface area contributed by atoms with Crippen molar-refractivity contribution in [2.75, 3.05) is 7.11 Å². The molecule has 0 fully saturated rings. The molecular weight excluding hydrogens is 210 g/mol. The molecule has 1 atom stereocenters. The van der Waals surface area contributed by atoms with Crippen LogP contribution in [0, 0.1) is 12.8 Å². The van der Waals surface area contributed by atoms with Crippen molar-refractivity contribution in [2.24, 2.45) is 11.7 Å². The average molecular weight is 235 g/mol. The molecule has 2 nitrogen and oxygen atoms in total. The molecule has 1 aromatic carbocycles. The maximum absolute atomic E-state index is 6.11. The molecule has 0 saturated heterocycles. The number of ether oxygens (including phenoxy) is 1. The molecule has 0 heterocycles. The van der Waals surface area contributed by atoms with Crippen molar-refractivity contribution in [1.29, 1.82) is 0 Å². The highest BCUT2D eigenvalue weighted by atomic mass is 16.5. The Morgan fingerprint density at radius 3 is 2.59 bits per heavy atom. The summed E-state index contributed by atoms with van der Waals surface area (Å²) in [5.41, 5.74) is 8.66. The van der Waals surface area contributed by atoms with Gasteiger partial charge in [-0.1, -0.05) is 31.5 Å². The fourth-order valence-electron chi connectivity index (χ4n) is 2.17. The Morgan fingerprint density at radius 1 is 1.29 bits per heavy atom. The largest absolute Gasteiger partial charge is 0.496 e. The van der Waals surface area contributed by atoms with Gasteiger partial charge in [0.1, 0.15) is 5.75 Å². The number of hydrogen-bond donors (Lipinski definition) is 1. The lowest BCUT2D eigenvalue weighted by Gasteiger charge is -2.15. The molecule has 0 bridgehead atoms. The van der Waals surface area contributed by atoms with Gasteiger partial charge < -0.3 is 10.5 Å². The zero-order valence-corrected chi connectivity index (χ0v) is 11.5. The summed E-state index contributed by atoms with van der Waals surface area (Å²) < 4.78 is 5.37. The highest BCUT2D eigenvalue weighted by Crippen LogP contribution is 2.22. The third-order valence-corrected chi connectivity index (χ3v) is 2.99. The summed E-state index contributed by atoms with van der Waals surface area (Å²) in [6.45, 7) is 6.54. The van der Waals surface area contributed by atoms with Gasteiger partial charge in [-0.25, -0.2) is 0 Å². The molecule has 0 aliphatic heterocycles. The Balaban J connectivity index is 2.58. The smallest absolute Gasteiger partial charge is 0.122 e. The summed E-state index contributed by atoms with van der Waals surface area (Å²) >= 11 is 0. The van der Waals surface area contributed by atoms with Gasteiger partial charge in [0.2, 0.25) is 0 Å². The second kappa shape index (κ2) is 6.65. The minimum Gasteiger partial charge on any atom is -0.496 e. The van der Waals surface area contributed by atoms with Gasteiger partial charge in [0.25, 0.3) is 0 Å². The van der Waals surface area contributed by atoms with E-state index in [4.69, 9.17) is 10.5 Å². The Bertz CT molecular complexity index is 347. The molecule has 96 valence electrons. The monoisotopic (exact) mass is 235 g/mol. The van der Waals surface area contributed by atoms with Crippen molar-refractivity contribution in [2.45, 2.75) is 46.1 Å². The molecule has 0 spiro atoms. The van der Waals surface area contributed by atoms with Crippen molar-refractivity contribution in [3.8, 4) is 5.75 Å². The van der Waals surface area contributed by atoms with E-state index in [2.05, 4.69) is 32.9 Å². The Kier molecular flexibility index (Phi) is 5.49. The molecule has 1 aromatic rings. The zero-order valence-electron chi connectivity index (χ0n) is 11.5. The van der Waals surface area contributed by atoms with Crippen LogP contribution < -0.4 is 10.5 Å². The molecule has 1 unspecified atom stereocenters. The topological polar surface area (TPSA) is 35.2 Å². The Hall–Kier alpha value is -1.02. The van der Waals surface area contributed by atoms with Crippen LogP contribution in [0.5, 0.6) is 5.75 Å². The van der Waals surface area contributed by atoms with E-state index < -0.39 is 0 Å². The number of benzene rings is 1. The lowest BCUT2D eigenvalue weighted by atomic mass is 9.97. The van der Waals surface area contributed by atoms with Gasteiger partial charge in [-0.3, -0.25) is 0 Å². The second-order valence-electron chi connectivity index (χ2n) is 5.24. The van der Waals surface area contributed by atoms with Crippen LogP contribution in [0.25, 0.3) is 0 Å². The normalized spacial score (nSPS) is 12.8. The van der Waals surface area contributed by atoms with Crippen LogP contribution >= 0.6 is 0 Å². The molecule has 0 saturated carbocycles. The number of rotatable bonds is 6. The molecule has 0 aliphatic carbocycles. The summed E-state index contributed by atoms with van der Waals surface area (Å²) in [4.78, 5) is 0. The minimum atomic E-state index is 0.292. The van der Waals surface area contributed by atoms with Crippen LogP contribution in [0.3, 0.4) is 0 Å². The molecule has 0 aromatic heterocycles. The number of hydrogen-bond acceptors (Lipinski definition) is 2. The van der Waals surface area contributed by atoms with Crippen molar-refractivity contribution in [1.82, 2.24) is 0 Å². The van der Waals surface area contributed by atoms with Crippen LogP contribution in [0.15, 0.2) is 18.2 Å². The van der Waals surface area contributed by atoms with Gasteiger partial charge in [0.15, 0.2) is 0 Å². The number of nitrogens with two attached hydrogens (primary N) is 1. The molecule has 1 rings (SSSR count). The van der Waals surface area contributed by atoms with Crippen molar-refractivity contribution < 1.29 is 4.74 Å². The van der Waals surface area contributed by atoms with E-state index in [1.165, 1.54) is 11.1 Å². The first kappa shape index (κ1) is 14.0. The van der Waals surface area contributed by atoms with Crippen LogP contribution in [-0.4, -0.2) is 13.2 Å². The van der Waals surface area contributed by atoms with Crippen molar-refractivity contribution in [3.63, 3.8) is 0 Å². The predicted molar refractivity (Wildman–Crippen MR) is 73.5 cm³/mol. The fourth-order valence-corrected chi connectivity index (χ4v) is 2.17. The van der Waals surface area contributed by atoms with Crippen molar-refractivity contribution in [3.05, 3.63) is 29.3 Å². The van der Waals surface area contributed by atoms with Crippen LogP contribution in [-0.2, 0) is 6.42 Å². The predicted octanol–water partition coefficient (Wildman–Crippen LogP) is 3.31. The second-order valence-corrected chi connectivity index (χ2v) is 5.24. The highest BCUT2D eigenvalue weighted by molar-refractivity contribution is 5.36. The lowest BCUT2D eigenvalue weighted by Crippen LogP contribution is -2.22. The average Bonchev–Trinajstić information content (AvgIpc) is 2.25.